The number of anilines is 1. The summed E-state index contributed by atoms with van der Waals surface area (Å²) in [6, 6.07) is 3.95. The number of hydrogen-bond acceptors (Lipinski definition) is 3. The first-order valence-electron chi connectivity index (χ1n) is 4.78. The SMILES string of the molecule is CN1CC(Nc2ncccc2Br)CC1=O. The first-order valence-corrected chi connectivity index (χ1v) is 5.57. The van der Waals surface area contributed by atoms with Crippen molar-refractivity contribution in [3.05, 3.63) is 22.8 Å². The molecule has 1 amide bonds. The van der Waals surface area contributed by atoms with E-state index in [1.807, 2.05) is 19.2 Å². The van der Waals surface area contributed by atoms with Crippen LogP contribution in [0.3, 0.4) is 0 Å². The number of hydrogen-bond donors (Lipinski definition) is 1. The largest absolute Gasteiger partial charge is 0.364 e. The van der Waals surface area contributed by atoms with Crippen molar-refractivity contribution in [3.8, 4) is 0 Å². The number of rotatable bonds is 2. The van der Waals surface area contributed by atoms with Crippen molar-refractivity contribution in [3.63, 3.8) is 0 Å². The molecule has 2 rings (SSSR count). The lowest BCUT2D eigenvalue weighted by Gasteiger charge is -2.13. The van der Waals surface area contributed by atoms with Crippen LogP contribution < -0.4 is 5.32 Å². The average molecular weight is 270 g/mol. The van der Waals surface area contributed by atoms with Crippen LogP contribution in [0.4, 0.5) is 5.82 Å². The van der Waals surface area contributed by atoms with E-state index in [4.69, 9.17) is 0 Å². The molecule has 1 fully saturated rings. The number of nitrogens with zero attached hydrogens (tertiary/aromatic N) is 2. The zero-order chi connectivity index (χ0) is 10.8. The fourth-order valence-electron chi connectivity index (χ4n) is 1.65. The lowest BCUT2D eigenvalue weighted by atomic mass is 10.2. The monoisotopic (exact) mass is 269 g/mol. The molecule has 0 bridgehead atoms. The van der Waals surface area contributed by atoms with Crippen molar-refractivity contribution in [1.29, 1.82) is 0 Å². The topological polar surface area (TPSA) is 45.2 Å². The fraction of sp³-hybridized carbons (Fsp3) is 0.400. The Hall–Kier alpha value is -1.10. The fourth-order valence-corrected chi connectivity index (χ4v) is 2.01. The molecule has 0 radical (unpaired) electrons. The Morgan fingerprint density at radius 3 is 3.07 bits per heavy atom. The van der Waals surface area contributed by atoms with E-state index in [0.717, 1.165) is 16.8 Å². The van der Waals surface area contributed by atoms with Crippen molar-refractivity contribution in [2.24, 2.45) is 0 Å². The molecule has 1 aliphatic heterocycles. The summed E-state index contributed by atoms with van der Waals surface area (Å²) in [6.45, 7) is 0.738. The third-order valence-electron chi connectivity index (χ3n) is 2.44. The summed E-state index contributed by atoms with van der Waals surface area (Å²) >= 11 is 3.41. The first-order chi connectivity index (χ1) is 7.16. The van der Waals surface area contributed by atoms with Gasteiger partial charge in [-0.05, 0) is 28.1 Å². The molecule has 1 N–H and O–H groups in total. The molecule has 0 spiro atoms. The molecule has 1 aromatic heterocycles. The minimum absolute atomic E-state index is 0.161. The highest BCUT2D eigenvalue weighted by atomic mass is 79.9. The van der Waals surface area contributed by atoms with E-state index in [0.29, 0.717) is 6.42 Å². The number of carbonyl (C=O) groups is 1. The van der Waals surface area contributed by atoms with Gasteiger partial charge in [-0.3, -0.25) is 4.79 Å². The third kappa shape index (κ3) is 2.28. The Kier molecular flexibility index (Phi) is 2.90. The predicted molar refractivity (Wildman–Crippen MR) is 61.6 cm³/mol. The molecule has 1 unspecified atom stereocenters. The Bertz CT molecular complexity index is 383. The zero-order valence-corrected chi connectivity index (χ0v) is 9.99. The van der Waals surface area contributed by atoms with Crippen LogP contribution in [-0.4, -0.2) is 35.4 Å². The Labute approximate surface area is 96.8 Å². The molecule has 1 saturated heterocycles. The second kappa shape index (κ2) is 4.18. The van der Waals surface area contributed by atoms with Crippen molar-refractivity contribution in [1.82, 2.24) is 9.88 Å². The van der Waals surface area contributed by atoms with E-state index in [-0.39, 0.29) is 11.9 Å². The summed E-state index contributed by atoms with van der Waals surface area (Å²) in [4.78, 5) is 17.2. The molecule has 80 valence electrons. The van der Waals surface area contributed by atoms with Crippen LogP contribution in [0.25, 0.3) is 0 Å². The Balaban J connectivity index is 2.05. The number of aromatic nitrogens is 1. The quantitative estimate of drug-likeness (QED) is 0.885. The number of carbonyl (C=O) groups excluding carboxylic acids is 1. The molecular weight excluding hydrogens is 258 g/mol. The summed E-state index contributed by atoms with van der Waals surface area (Å²) in [5, 5.41) is 3.25. The molecule has 0 aliphatic carbocycles. The summed E-state index contributed by atoms with van der Waals surface area (Å²) in [6.07, 6.45) is 2.27. The van der Waals surface area contributed by atoms with Gasteiger partial charge in [0.1, 0.15) is 5.82 Å². The number of halogens is 1. The minimum atomic E-state index is 0.161. The van der Waals surface area contributed by atoms with E-state index in [1.54, 1.807) is 11.1 Å². The van der Waals surface area contributed by atoms with Crippen LogP contribution in [0.1, 0.15) is 6.42 Å². The van der Waals surface area contributed by atoms with E-state index >= 15 is 0 Å². The van der Waals surface area contributed by atoms with Crippen LogP contribution in [0.2, 0.25) is 0 Å². The van der Waals surface area contributed by atoms with E-state index in [2.05, 4.69) is 26.2 Å². The highest BCUT2D eigenvalue weighted by Crippen LogP contribution is 2.21. The van der Waals surface area contributed by atoms with Gasteiger partial charge in [0.25, 0.3) is 0 Å². The van der Waals surface area contributed by atoms with Gasteiger partial charge in [-0.2, -0.15) is 0 Å². The van der Waals surface area contributed by atoms with Gasteiger partial charge in [0.15, 0.2) is 0 Å². The molecule has 2 heterocycles. The molecule has 5 heteroatoms. The first kappa shape index (κ1) is 10.4. The number of amides is 1. The van der Waals surface area contributed by atoms with Gasteiger partial charge in [-0.1, -0.05) is 0 Å². The Morgan fingerprint density at radius 2 is 2.47 bits per heavy atom. The maximum absolute atomic E-state index is 11.3. The third-order valence-corrected chi connectivity index (χ3v) is 3.08. The van der Waals surface area contributed by atoms with Crippen LogP contribution in [0, 0.1) is 0 Å². The highest BCUT2D eigenvalue weighted by Gasteiger charge is 2.26. The Morgan fingerprint density at radius 1 is 1.67 bits per heavy atom. The van der Waals surface area contributed by atoms with E-state index in [1.165, 1.54) is 0 Å². The van der Waals surface area contributed by atoms with Crippen LogP contribution in [-0.2, 0) is 4.79 Å². The summed E-state index contributed by atoms with van der Waals surface area (Å²) < 4.78 is 0.923. The second-order valence-electron chi connectivity index (χ2n) is 3.65. The van der Waals surface area contributed by atoms with Crippen LogP contribution in [0.5, 0.6) is 0 Å². The molecule has 4 nitrogen and oxygen atoms in total. The van der Waals surface area contributed by atoms with Crippen molar-refractivity contribution in [2.75, 3.05) is 18.9 Å². The van der Waals surface area contributed by atoms with Crippen LogP contribution in [0.15, 0.2) is 22.8 Å². The van der Waals surface area contributed by atoms with Crippen molar-refractivity contribution < 1.29 is 4.79 Å². The highest BCUT2D eigenvalue weighted by molar-refractivity contribution is 9.10. The van der Waals surface area contributed by atoms with Gasteiger partial charge in [0.05, 0.1) is 10.5 Å². The predicted octanol–water partition coefficient (Wildman–Crippen LogP) is 1.49. The molecule has 1 atom stereocenters. The van der Waals surface area contributed by atoms with Gasteiger partial charge in [-0.25, -0.2) is 4.98 Å². The molecule has 15 heavy (non-hydrogen) atoms. The number of likely N-dealkylation sites (N-methyl/N-ethyl adjacent to an activating group) is 1. The zero-order valence-electron chi connectivity index (χ0n) is 8.40. The van der Waals surface area contributed by atoms with Gasteiger partial charge < -0.3 is 10.2 Å². The smallest absolute Gasteiger partial charge is 0.224 e. The molecule has 1 aromatic rings. The maximum atomic E-state index is 11.3. The second-order valence-corrected chi connectivity index (χ2v) is 4.51. The maximum Gasteiger partial charge on any atom is 0.224 e. The number of pyridine rings is 1. The van der Waals surface area contributed by atoms with Gasteiger partial charge >= 0.3 is 0 Å². The molecular formula is C10H12BrN3O. The minimum Gasteiger partial charge on any atom is -0.364 e. The van der Waals surface area contributed by atoms with Crippen molar-refractivity contribution >= 4 is 27.7 Å². The van der Waals surface area contributed by atoms with Gasteiger partial charge in [-0.15, -0.1) is 0 Å². The summed E-state index contributed by atoms with van der Waals surface area (Å²) in [5.74, 6) is 0.977. The summed E-state index contributed by atoms with van der Waals surface area (Å²) in [7, 11) is 1.82. The molecule has 0 saturated carbocycles. The van der Waals surface area contributed by atoms with Crippen molar-refractivity contribution in [2.45, 2.75) is 12.5 Å². The lowest BCUT2D eigenvalue weighted by Crippen LogP contribution is -2.24. The number of likely N-dealkylation sites (tertiary alicyclic amines) is 1. The van der Waals surface area contributed by atoms with Crippen LogP contribution >= 0.6 is 15.9 Å². The number of nitrogens with one attached hydrogen (secondary N) is 1. The average Bonchev–Trinajstić information content (AvgIpc) is 2.50. The normalized spacial score (nSPS) is 20.8. The van der Waals surface area contributed by atoms with Gasteiger partial charge in [0, 0.05) is 26.2 Å². The lowest BCUT2D eigenvalue weighted by molar-refractivity contribution is -0.126. The van der Waals surface area contributed by atoms with E-state index < -0.39 is 0 Å². The molecule has 0 aromatic carbocycles. The standard InChI is InChI=1S/C10H12BrN3O/c1-14-6-7(5-9(14)15)13-10-8(11)3-2-4-12-10/h2-4,7H,5-6H2,1H3,(H,12,13). The van der Waals surface area contributed by atoms with Gasteiger partial charge in [0.2, 0.25) is 5.91 Å². The summed E-state index contributed by atoms with van der Waals surface area (Å²) in [5.41, 5.74) is 0. The molecule has 1 aliphatic rings. The van der Waals surface area contributed by atoms with E-state index in [9.17, 15) is 4.79 Å².